The van der Waals surface area contributed by atoms with E-state index in [1.807, 2.05) is 0 Å². The summed E-state index contributed by atoms with van der Waals surface area (Å²) < 4.78 is 13.0. The summed E-state index contributed by atoms with van der Waals surface area (Å²) in [5.74, 6) is -0.620. The number of hydrogen-bond acceptors (Lipinski definition) is 2. The number of nitrogens with one attached hydrogen (secondary N) is 2. The maximum atomic E-state index is 13.0. The summed E-state index contributed by atoms with van der Waals surface area (Å²) in [6.45, 7) is 2.03. The Bertz CT molecular complexity index is 780. The number of benzene rings is 2. The van der Waals surface area contributed by atoms with Crippen LogP contribution in [-0.2, 0) is 4.79 Å². The summed E-state index contributed by atoms with van der Waals surface area (Å²) >= 11 is 5.85. The van der Waals surface area contributed by atoms with Gasteiger partial charge in [-0.3, -0.25) is 9.69 Å². The topological polar surface area (TPSA) is 61.4 Å². The second-order valence-corrected chi connectivity index (χ2v) is 6.31. The summed E-state index contributed by atoms with van der Waals surface area (Å²) in [7, 11) is 0. The molecule has 0 aromatic heterocycles. The maximum Gasteiger partial charge on any atom is 0.322 e. The molecule has 1 saturated heterocycles. The molecule has 1 aliphatic heterocycles. The summed E-state index contributed by atoms with van der Waals surface area (Å²) in [4.78, 5) is 26.0. The Labute approximate surface area is 149 Å². The minimum absolute atomic E-state index is 0.225. The van der Waals surface area contributed by atoms with Crippen LogP contribution in [0.4, 0.5) is 14.9 Å². The van der Waals surface area contributed by atoms with E-state index < -0.39 is 6.04 Å². The molecule has 25 heavy (non-hydrogen) atoms. The average molecular weight is 362 g/mol. The van der Waals surface area contributed by atoms with E-state index in [0.717, 1.165) is 5.56 Å². The standard InChI is InChI=1S/C18H17ClFN3O2/c1-11(12-2-6-14(20)7-3-12)21-17(24)16-10-23(18(25)22-16)15-8-4-13(19)5-9-15/h2-9,11,16H,10H2,1H3,(H,21,24)(H,22,25). The maximum absolute atomic E-state index is 13.0. The summed E-state index contributed by atoms with van der Waals surface area (Å²) in [6.07, 6.45) is 0. The molecular formula is C18H17ClFN3O2. The first-order chi connectivity index (χ1) is 11.9. The Morgan fingerprint density at radius 1 is 1.24 bits per heavy atom. The normalized spacial score (nSPS) is 18.0. The van der Waals surface area contributed by atoms with E-state index in [1.54, 1.807) is 43.3 Å². The molecule has 5 nitrogen and oxygen atoms in total. The minimum Gasteiger partial charge on any atom is -0.348 e. The minimum atomic E-state index is -0.661. The highest BCUT2D eigenvalue weighted by Crippen LogP contribution is 2.21. The average Bonchev–Trinajstić information content (AvgIpc) is 2.98. The van der Waals surface area contributed by atoms with Gasteiger partial charge >= 0.3 is 6.03 Å². The number of urea groups is 1. The Morgan fingerprint density at radius 3 is 2.52 bits per heavy atom. The molecular weight excluding hydrogens is 345 g/mol. The molecule has 2 aromatic rings. The lowest BCUT2D eigenvalue weighted by atomic mass is 10.1. The van der Waals surface area contributed by atoms with E-state index in [2.05, 4.69) is 10.6 Å². The molecule has 2 unspecified atom stereocenters. The van der Waals surface area contributed by atoms with Crippen LogP contribution >= 0.6 is 11.6 Å². The van der Waals surface area contributed by atoms with Gasteiger partial charge in [-0.1, -0.05) is 23.7 Å². The van der Waals surface area contributed by atoms with E-state index in [0.29, 0.717) is 10.7 Å². The number of halogens is 2. The predicted octanol–water partition coefficient (Wildman–Crippen LogP) is 3.25. The van der Waals surface area contributed by atoms with E-state index in [1.165, 1.54) is 17.0 Å². The number of amides is 3. The molecule has 1 aliphatic rings. The van der Waals surface area contributed by atoms with Gasteiger partial charge in [-0.05, 0) is 48.9 Å². The fraction of sp³-hybridized carbons (Fsp3) is 0.222. The first-order valence-electron chi connectivity index (χ1n) is 7.83. The van der Waals surface area contributed by atoms with Gasteiger partial charge in [0.05, 0.1) is 12.6 Å². The van der Waals surface area contributed by atoms with Crippen molar-refractivity contribution in [1.82, 2.24) is 10.6 Å². The van der Waals surface area contributed by atoms with Crippen LogP contribution in [0.15, 0.2) is 48.5 Å². The number of hydrogen-bond donors (Lipinski definition) is 2. The zero-order valence-electron chi connectivity index (χ0n) is 13.5. The van der Waals surface area contributed by atoms with Crippen molar-refractivity contribution in [3.8, 4) is 0 Å². The van der Waals surface area contributed by atoms with Crippen LogP contribution < -0.4 is 15.5 Å². The molecule has 2 aromatic carbocycles. The van der Waals surface area contributed by atoms with Gasteiger partial charge < -0.3 is 10.6 Å². The number of rotatable bonds is 4. The van der Waals surface area contributed by atoms with Crippen molar-refractivity contribution in [2.45, 2.75) is 19.0 Å². The molecule has 130 valence electrons. The van der Waals surface area contributed by atoms with Gasteiger partial charge in [-0.25, -0.2) is 9.18 Å². The summed E-state index contributed by atoms with van der Waals surface area (Å²) in [5, 5.41) is 6.07. The van der Waals surface area contributed by atoms with Crippen LogP contribution in [-0.4, -0.2) is 24.5 Å². The SMILES string of the molecule is CC(NC(=O)C1CN(c2ccc(Cl)cc2)C(=O)N1)c1ccc(F)cc1. The van der Waals surface area contributed by atoms with Gasteiger partial charge in [0.15, 0.2) is 0 Å². The highest BCUT2D eigenvalue weighted by atomic mass is 35.5. The molecule has 2 N–H and O–H groups in total. The Morgan fingerprint density at radius 2 is 1.88 bits per heavy atom. The molecule has 3 rings (SSSR count). The Hall–Kier alpha value is -2.60. The van der Waals surface area contributed by atoms with Gasteiger partial charge in [-0.15, -0.1) is 0 Å². The zero-order valence-corrected chi connectivity index (χ0v) is 14.3. The smallest absolute Gasteiger partial charge is 0.322 e. The van der Waals surface area contributed by atoms with Crippen molar-refractivity contribution in [2.24, 2.45) is 0 Å². The number of carbonyl (C=O) groups is 2. The molecule has 0 radical (unpaired) electrons. The first kappa shape index (κ1) is 17.2. The Balaban J connectivity index is 1.64. The highest BCUT2D eigenvalue weighted by molar-refractivity contribution is 6.30. The van der Waals surface area contributed by atoms with Crippen LogP contribution in [0, 0.1) is 5.82 Å². The number of carbonyl (C=O) groups excluding carboxylic acids is 2. The van der Waals surface area contributed by atoms with Crippen molar-refractivity contribution in [2.75, 3.05) is 11.4 Å². The lowest BCUT2D eigenvalue weighted by molar-refractivity contribution is -0.123. The molecule has 7 heteroatoms. The van der Waals surface area contributed by atoms with Crippen molar-refractivity contribution >= 4 is 29.2 Å². The third kappa shape index (κ3) is 3.91. The molecule has 3 amide bonds. The molecule has 2 atom stereocenters. The predicted molar refractivity (Wildman–Crippen MR) is 94.1 cm³/mol. The quantitative estimate of drug-likeness (QED) is 0.878. The van der Waals surface area contributed by atoms with Crippen LogP contribution in [0.3, 0.4) is 0 Å². The van der Waals surface area contributed by atoms with E-state index in [-0.39, 0.29) is 30.3 Å². The Kier molecular flexibility index (Phi) is 4.90. The van der Waals surface area contributed by atoms with Crippen LogP contribution in [0.2, 0.25) is 5.02 Å². The van der Waals surface area contributed by atoms with E-state index >= 15 is 0 Å². The van der Waals surface area contributed by atoms with Crippen molar-refractivity contribution in [3.05, 3.63) is 64.9 Å². The lowest BCUT2D eigenvalue weighted by Gasteiger charge is -2.18. The molecule has 0 saturated carbocycles. The monoisotopic (exact) mass is 361 g/mol. The van der Waals surface area contributed by atoms with Gasteiger partial charge in [0.1, 0.15) is 11.9 Å². The van der Waals surface area contributed by atoms with E-state index in [9.17, 15) is 14.0 Å². The van der Waals surface area contributed by atoms with Gasteiger partial charge in [0.25, 0.3) is 0 Å². The third-order valence-electron chi connectivity index (χ3n) is 4.09. The first-order valence-corrected chi connectivity index (χ1v) is 8.21. The van der Waals surface area contributed by atoms with Crippen LogP contribution in [0.5, 0.6) is 0 Å². The fourth-order valence-electron chi connectivity index (χ4n) is 2.68. The van der Waals surface area contributed by atoms with E-state index in [4.69, 9.17) is 11.6 Å². The lowest BCUT2D eigenvalue weighted by Crippen LogP contribution is -2.43. The second kappa shape index (κ2) is 7.11. The largest absolute Gasteiger partial charge is 0.348 e. The van der Waals surface area contributed by atoms with Crippen LogP contribution in [0.1, 0.15) is 18.5 Å². The summed E-state index contributed by atoms with van der Waals surface area (Å²) in [5.41, 5.74) is 1.46. The summed E-state index contributed by atoms with van der Waals surface area (Å²) in [6, 6.07) is 11.5. The second-order valence-electron chi connectivity index (χ2n) is 5.87. The third-order valence-corrected chi connectivity index (χ3v) is 4.34. The molecule has 1 heterocycles. The van der Waals surface area contributed by atoms with Gasteiger partial charge in [0.2, 0.25) is 5.91 Å². The molecule has 0 bridgehead atoms. The van der Waals surface area contributed by atoms with Gasteiger partial charge in [-0.2, -0.15) is 0 Å². The highest BCUT2D eigenvalue weighted by Gasteiger charge is 2.34. The fourth-order valence-corrected chi connectivity index (χ4v) is 2.81. The van der Waals surface area contributed by atoms with Crippen molar-refractivity contribution < 1.29 is 14.0 Å². The van der Waals surface area contributed by atoms with Crippen LogP contribution in [0.25, 0.3) is 0 Å². The number of anilines is 1. The number of nitrogens with zero attached hydrogens (tertiary/aromatic N) is 1. The van der Waals surface area contributed by atoms with Crippen molar-refractivity contribution in [3.63, 3.8) is 0 Å². The van der Waals surface area contributed by atoms with Gasteiger partial charge in [0, 0.05) is 10.7 Å². The molecule has 0 spiro atoms. The molecule has 1 fully saturated rings. The zero-order chi connectivity index (χ0) is 18.0. The molecule has 0 aliphatic carbocycles. The van der Waals surface area contributed by atoms with Crippen molar-refractivity contribution in [1.29, 1.82) is 0 Å².